The van der Waals surface area contributed by atoms with Crippen LogP contribution in [0.15, 0.2) is 23.1 Å². The minimum atomic E-state index is -3.98. The number of ether oxygens (including phenoxy) is 1. The van der Waals surface area contributed by atoms with Gasteiger partial charge in [0.15, 0.2) is 6.61 Å². The second kappa shape index (κ2) is 8.16. The molecule has 0 heterocycles. The minimum Gasteiger partial charge on any atom is -0.452 e. The summed E-state index contributed by atoms with van der Waals surface area (Å²) in [5.74, 6) is -0.901. The predicted molar refractivity (Wildman–Crippen MR) is 92.7 cm³/mol. The van der Waals surface area contributed by atoms with Crippen molar-refractivity contribution in [2.75, 3.05) is 6.61 Å². The molecule has 0 spiro atoms. The molecule has 0 saturated heterocycles. The number of benzene rings is 1. The molecule has 1 aliphatic carbocycles. The molecule has 7 nitrogen and oxygen atoms in total. The third-order valence-corrected chi connectivity index (χ3v) is 5.52. The first-order valence-corrected chi connectivity index (χ1v) is 9.89. The maximum atomic E-state index is 12.1. The Balaban J connectivity index is 1.97. The van der Waals surface area contributed by atoms with E-state index in [2.05, 4.69) is 12.2 Å². The number of amides is 1. The van der Waals surface area contributed by atoms with Crippen LogP contribution >= 0.6 is 11.6 Å². The SMILES string of the molecule is C[C@H]1CCCC[C@H]1NC(=O)COC(=O)c1cc(S(N)(=O)=O)ccc1Cl. The number of hydrogen-bond acceptors (Lipinski definition) is 5. The summed E-state index contributed by atoms with van der Waals surface area (Å²) in [4.78, 5) is 23.8. The second-order valence-electron chi connectivity index (χ2n) is 6.20. The molecule has 0 radical (unpaired) electrons. The summed E-state index contributed by atoms with van der Waals surface area (Å²) in [5.41, 5.74) is -0.160. The van der Waals surface area contributed by atoms with E-state index >= 15 is 0 Å². The molecule has 0 bridgehead atoms. The van der Waals surface area contributed by atoms with Gasteiger partial charge in [-0.2, -0.15) is 0 Å². The largest absolute Gasteiger partial charge is 0.452 e. The maximum Gasteiger partial charge on any atom is 0.340 e. The average Bonchev–Trinajstić information content (AvgIpc) is 2.54. The van der Waals surface area contributed by atoms with Crippen molar-refractivity contribution in [1.82, 2.24) is 5.32 Å². The van der Waals surface area contributed by atoms with Crippen LogP contribution in [-0.4, -0.2) is 32.9 Å². The van der Waals surface area contributed by atoms with Gasteiger partial charge in [0, 0.05) is 6.04 Å². The maximum absolute atomic E-state index is 12.1. The molecule has 1 aromatic carbocycles. The van der Waals surface area contributed by atoms with Gasteiger partial charge < -0.3 is 10.1 Å². The molecule has 0 aromatic heterocycles. The summed E-state index contributed by atoms with van der Waals surface area (Å²) in [5, 5.41) is 7.90. The van der Waals surface area contributed by atoms with E-state index in [4.69, 9.17) is 21.5 Å². The molecule has 1 fully saturated rings. The first-order valence-electron chi connectivity index (χ1n) is 7.97. The minimum absolute atomic E-state index is 0.0127. The Bertz CT molecular complexity index is 766. The zero-order valence-corrected chi connectivity index (χ0v) is 15.4. The Morgan fingerprint density at radius 2 is 2.00 bits per heavy atom. The molecule has 1 amide bonds. The number of primary sulfonamides is 1. The van der Waals surface area contributed by atoms with Crippen molar-refractivity contribution in [3.63, 3.8) is 0 Å². The van der Waals surface area contributed by atoms with Crippen molar-refractivity contribution in [3.05, 3.63) is 28.8 Å². The predicted octanol–water partition coefficient (Wildman–Crippen LogP) is 1.84. The quantitative estimate of drug-likeness (QED) is 0.746. The smallest absolute Gasteiger partial charge is 0.340 e. The summed E-state index contributed by atoms with van der Waals surface area (Å²) in [6, 6.07) is 3.53. The third kappa shape index (κ3) is 5.42. The second-order valence-corrected chi connectivity index (χ2v) is 8.17. The van der Waals surface area contributed by atoms with Gasteiger partial charge in [-0.1, -0.05) is 31.4 Å². The molecule has 0 unspecified atom stereocenters. The summed E-state index contributed by atoms with van der Waals surface area (Å²) in [6.45, 7) is 1.62. The summed E-state index contributed by atoms with van der Waals surface area (Å²) >= 11 is 5.89. The highest BCUT2D eigenvalue weighted by molar-refractivity contribution is 7.89. The fourth-order valence-corrected chi connectivity index (χ4v) is 3.56. The molecule has 2 atom stereocenters. The van der Waals surface area contributed by atoms with E-state index in [9.17, 15) is 18.0 Å². The van der Waals surface area contributed by atoms with Crippen molar-refractivity contribution in [1.29, 1.82) is 0 Å². The first kappa shape index (κ1) is 19.7. The molecule has 0 aliphatic heterocycles. The number of nitrogens with two attached hydrogens (primary N) is 1. The van der Waals surface area contributed by atoms with Crippen LogP contribution in [0.2, 0.25) is 5.02 Å². The van der Waals surface area contributed by atoms with Crippen LogP contribution in [0.1, 0.15) is 43.0 Å². The van der Waals surface area contributed by atoms with Gasteiger partial charge in [-0.05, 0) is 37.0 Å². The first-order chi connectivity index (χ1) is 11.7. The highest BCUT2D eigenvalue weighted by atomic mass is 35.5. The molecular formula is C16H21ClN2O5S. The lowest BCUT2D eigenvalue weighted by Gasteiger charge is -2.29. The molecule has 1 aromatic rings. The van der Waals surface area contributed by atoms with Crippen LogP contribution < -0.4 is 10.5 Å². The van der Waals surface area contributed by atoms with Gasteiger partial charge in [0.25, 0.3) is 5.91 Å². The number of nitrogens with one attached hydrogen (secondary N) is 1. The molecule has 1 saturated carbocycles. The van der Waals surface area contributed by atoms with Crippen molar-refractivity contribution < 1.29 is 22.7 Å². The van der Waals surface area contributed by atoms with Gasteiger partial charge in [0.05, 0.1) is 15.5 Å². The number of rotatable bonds is 5. The van der Waals surface area contributed by atoms with Crippen LogP contribution in [0.3, 0.4) is 0 Å². The van der Waals surface area contributed by atoms with Gasteiger partial charge >= 0.3 is 5.97 Å². The lowest BCUT2D eigenvalue weighted by molar-refractivity contribution is -0.125. The number of sulfonamides is 1. The summed E-state index contributed by atoms with van der Waals surface area (Å²) < 4.78 is 27.7. The fourth-order valence-electron chi connectivity index (χ4n) is 2.83. The van der Waals surface area contributed by atoms with E-state index in [0.29, 0.717) is 5.92 Å². The Hall–Kier alpha value is -1.64. The summed E-state index contributed by atoms with van der Waals surface area (Å²) in [7, 11) is -3.98. The van der Waals surface area contributed by atoms with Gasteiger partial charge in [-0.3, -0.25) is 4.79 Å². The standard InChI is InChI=1S/C16H21ClN2O5S/c1-10-4-2-3-5-14(10)19-15(20)9-24-16(21)12-8-11(25(18,22)23)6-7-13(12)17/h6-8,10,14H,2-5,9H2,1H3,(H,19,20)(H2,18,22,23)/t10-,14+/m0/s1. The van der Waals surface area contributed by atoms with Crippen LogP contribution in [0.25, 0.3) is 0 Å². The van der Waals surface area contributed by atoms with Gasteiger partial charge in [0.1, 0.15) is 0 Å². The van der Waals surface area contributed by atoms with Crippen molar-refractivity contribution in [2.45, 2.75) is 43.5 Å². The fraction of sp³-hybridized carbons (Fsp3) is 0.500. The van der Waals surface area contributed by atoms with E-state index in [0.717, 1.165) is 31.7 Å². The average molecular weight is 389 g/mol. The Labute approximate surface area is 151 Å². The molecule has 25 heavy (non-hydrogen) atoms. The van der Waals surface area contributed by atoms with E-state index < -0.39 is 28.5 Å². The zero-order valence-electron chi connectivity index (χ0n) is 13.8. The number of esters is 1. The van der Waals surface area contributed by atoms with Crippen LogP contribution in [0, 0.1) is 5.92 Å². The van der Waals surface area contributed by atoms with Crippen LogP contribution in [0.4, 0.5) is 0 Å². The van der Waals surface area contributed by atoms with Gasteiger partial charge in [-0.15, -0.1) is 0 Å². The van der Waals surface area contributed by atoms with Crippen LogP contribution in [-0.2, 0) is 19.6 Å². The normalized spacial score (nSPS) is 20.8. The van der Waals surface area contributed by atoms with E-state index in [1.165, 1.54) is 12.1 Å². The van der Waals surface area contributed by atoms with E-state index in [1.807, 2.05) is 0 Å². The Morgan fingerprint density at radius 3 is 2.64 bits per heavy atom. The molecule has 3 N–H and O–H groups in total. The van der Waals surface area contributed by atoms with Gasteiger partial charge in [-0.25, -0.2) is 18.4 Å². The van der Waals surface area contributed by atoms with Crippen molar-refractivity contribution in [2.24, 2.45) is 11.1 Å². The molecular weight excluding hydrogens is 368 g/mol. The number of halogens is 1. The lowest BCUT2D eigenvalue weighted by atomic mass is 9.86. The van der Waals surface area contributed by atoms with Crippen molar-refractivity contribution in [3.8, 4) is 0 Å². The number of carbonyl (C=O) groups is 2. The summed E-state index contributed by atoms with van der Waals surface area (Å²) in [6.07, 6.45) is 4.18. The number of carbonyl (C=O) groups excluding carboxylic acids is 2. The Morgan fingerprint density at radius 1 is 1.32 bits per heavy atom. The van der Waals surface area contributed by atoms with E-state index in [-0.39, 0.29) is 21.5 Å². The lowest BCUT2D eigenvalue weighted by Crippen LogP contribution is -2.42. The van der Waals surface area contributed by atoms with Gasteiger partial charge in [0.2, 0.25) is 10.0 Å². The van der Waals surface area contributed by atoms with Crippen molar-refractivity contribution >= 4 is 33.5 Å². The Kier molecular flexibility index (Phi) is 6.42. The highest BCUT2D eigenvalue weighted by Crippen LogP contribution is 2.24. The molecule has 138 valence electrons. The highest BCUT2D eigenvalue weighted by Gasteiger charge is 2.23. The molecule has 9 heteroatoms. The zero-order chi connectivity index (χ0) is 18.6. The molecule has 2 rings (SSSR count). The monoisotopic (exact) mass is 388 g/mol. The topological polar surface area (TPSA) is 116 Å². The number of hydrogen-bond donors (Lipinski definition) is 2. The molecule has 1 aliphatic rings. The van der Waals surface area contributed by atoms with Crippen LogP contribution in [0.5, 0.6) is 0 Å². The van der Waals surface area contributed by atoms with E-state index in [1.54, 1.807) is 0 Å². The third-order valence-electron chi connectivity index (χ3n) is 4.28.